The zero-order chi connectivity index (χ0) is 15.5. The maximum Gasteiger partial charge on any atom is 0.295 e. The Balaban J connectivity index is 1.86. The Hall–Kier alpha value is -3.22. The SMILES string of the molecule is Cc1nonc1C(=O)N/N=C\c1c(O)ccc2ccccc12. The first-order valence-corrected chi connectivity index (χ1v) is 6.50. The summed E-state index contributed by atoms with van der Waals surface area (Å²) < 4.78 is 4.46. The van der Waals surface area contributed by atoms with E-state index in [9.17, 15) is 9.90 Å². The van der Waals surface area contributed by atoms with Crippen molar-refractivity contribution < 1.29 is 14.5 Å². The predicted molar refractivity (Wildman–Crippen MR) is 79.7 cm³/mol. The molecule has 1 amide bonds. The van der Waals surface area contributed by atoms with Gasteiger partial charge in [0.15, 0.2) is 5.69 Å². The number of fused-ring (bicyclic) bond motifs is 1. The van der Waals surface area contributed by atoms with Gasteiger partial charge in [0.25, 0.3) is 5.91 Å². The lowest BCUT2D eigenvalue weighted by atomic mass is 10.0. The standard InChI is InChI=1S/C15H12N4O3/c1-9-14(19-22-18-9)15(21)17-16-8-12-11-5-3-2-4-10(11)6-7-13(12)20/h2-8,20H,1H3,(H,17,21)/b16-8-. The first-order valence-electron chi connectivity index (χ1n) is 6.50. The minimum absolute atomic E-state index is 0.0688. The van der Waals surface area contributed by atoms with Crippen molar-refractivity contribution >= 4 is 22.9 Å². The first kappa shape index (κ1) is 13.7. The van der Waals surface area contributed by atoms with E-state index in [4.69, 9.17) is 0 Å². The topological polar surface area (TPSA) is 101 Å². The summed E-state index contributed by atoms with van der Waals surface area (Å²) in [5.74, 6) is -0.453. The minimum Gasteiger partial charge on any atom is -0.507 e. The molecule has 0 radical (unpaired) electrons. The second-order valence-electron chi connectivity index (χ2n) is 4.62. The zero-order valence-electron chi connectivity index (χ0n) is 11.6. The van der Waals surface area contributed by atoms with Crippen LogP contribution in [-0.2, 0) is 0 Å². The number of carbonyl (C=O) groups excluding carboxylic acids is 1. The number of rotatable bonds is 3. The number of amides is 1. The zero-order valence-corrected chi connectivity index (χ0v) is 11.6. The number of aryl methyl sites for hydroxylation is 1. The van der Waals surface area contributed by atoms with Crippen LogP contribution in [0, 0.1) is 6.92 Å². The maximum atomic E-state index is 11.8. The van der Waals surface area contributed by atoms with Crippen LogP contribution in [0.4, 0.5) is 0 Å². The van der Waals surface area contributed by atoms with Gasteiger partial charge >= 0.3 is 0 Å². The predicted octanol–water partition coefficient (Wildman–Crippen LogP) is 2.00. The molecule has 7 nitrogen and oxygen atoms in total. The lowest BCUT2D eigenvalue weighted by Crippen LogP contribution is -2.19. The molecule has 22 heavy (non-hydrogen) atoms. The monoisotopic (exact) mass is 296 g/mol. The van der Waals surface area contributed by atoms with E-state index in [1.807, 2.05) is 30.3 Å². The molecule has 0 bridgehead atoms. The van der Waals surface area contributed by atoms with Gasteiger partial charge in [-0.3, -0.25) is 4.79 Å². The summed E-state index contributed by atoms with van der Waals surface area (Å²) in [5.41, 5.74) is 3.29. The fraction of sp³-hybridized carbons (Fsp3) is 0.0667. The van der Waals surface area contributed by atoms with Crippen LogP contribution < -0.4 is 5.43 Å². The number of hydrogen-bond acceptors (Lipinski definition) is 6. The second-order valence-corrected chi connectivity index (χ2v) is 4.62. The number of hydrogen-bond donors (Lipinski definition) is 2. The number of nitrogens with one attached hydrogen (secondary N) is 1. The minimum atomic E-state index is -0.533. The van der Waals surface area contributed by atoms with Crippen LogP contribution in [0.25, 0.3) is 10.8 Å². The molecule has 110 valence electrons. The smallest absolute Gasteiger partial charge is 0.295 e. The Kier molecular flexibility index (Phi) is 3.53. The van der Waals surface area contributed by atoms with Crippen LogP contribution in [-0.4, -0.2) is 27.5 Å². The molecule has 0 aliphatic carbocycles. The summed E-state index contributed by atoms with van der Waals surface area (Å²) in [6.45, 7) is 1.60. The van der Waals surface area contributed by atoms with Crippen molar-refractivity contribution in [2.75, 3.05) is 0 Å². The molecule has 3 rings (SSSR count). The van der Waals surface area contributed by atoms with Crippen molar-refractivity contribution in [3.63, 3.8) is 0 Å². The number of aromatic nitrogens is 2. The third-order valence-corrected chi connectivity index (χ3v) is 3.18. The lowest BCUT2D eigenvalue weighted by molar-refractivity contribution is 0.0945. The van der Waals surface area contributed by atoms with Crippen LogP contribution in [0.2, 0.25) is 0 Å². The van der Waals surface area contributed by atoms with Crippen molar-refractivity contribution in [2.45, 2.75) is 6.92 Å². The molecule has 3 aromatic rings. The number of phenols is 1. The molecular weight excluding hydrogens is 284 g/mol. The van der Waals surface area contributed by atoms with E-state index in [1.165, 1.54) is 6.21 Å². The quantitative estimate of drug-likeness (QED) is 0.568. The molecule has 0 saturated heterocycles. The molecule has 7 heteroatoms. The summed E-state index contributed by atoms with van der Waals surface area (Å²) in [5, 5.41) is 22.6. The summed E-state index contributed by atoms with van der Waals surface area (Å²) >= 11 is 0. The largest absolute Gasteiger partial charge is 0.507 e. The molecule has 0 saturated carbocycles. The first-order chi connectivity index (χ1) is 10.7. The molecule has 0 spiro atoms. The van der Waals surface area contributed by atoms with E-state index >= 15 is 0 Å². The third kappa shape index (κ3) is 2.51. The highest BCUT2D eigenvalue weighted by Crippen LogP contribution is 2.25. The number of benzene rings is 2. The van der Waals surface area contributed by atoms with Gasteiger partial charge in [0.2, 0.25) is 0 Å². The van der Waals surface area contributed by atoms with Crippen LogP contribution in [0.1, 0.15) is 21.7 Å². The van der Waals surface area contributed by atoms with E-state index in [2.05, 4.69) is 25.5 Å². The summed E-state index contributed by atoms with van der Waals surface area (Å²) in [7, 11) is 0. The van der Waals surface area contributed by atoms with Gasteiger partial charge in [0.1, 0.15) is 11.4 Å². The lowest BCUT2D eigenvalue weighted by Gasteiger charge is -2.04. The number of aromatic hydroxyl groups is 1. The number of hydrazone groups is 1. The van der Waals surface area contributed by atoms with Crippen molar-refractivity contribution in [1.82, 2.24) is 15.7 Å². The van der Waals surface area contributed by atoms with E-state index in [0.29, 0.717) is 11.3 Å². The van der Waals surface area contributed by atoms with Gasteiger partial charge in [-0.05, 0) is 28.9 Å². The third-order valence-electron chi connectivity index (χ3n) is 3.18. The van der Waals surface area contributed by atoms with Crippen LogP contribution in [0.15, 0.2) is 46.1 Å². The molecule has 2 N–H and O–H groups in total. The van der Waals surface area contributed by atoms with Gasteiger partial charge in [-0.25, -0.2) is 10.1 Å². The molecule has 2 aromatic carbocycles. The molecule has 0 aliphatic heterocycles. The molecular formula is C15H12N4O3. The van der Waals surface area contributed by atoms with E-state index < -0.39 is 5.91 Å². The van der Waals surface area contributed by atoms with Crippen LogP contribution in [0.5, 0.6) is 5.75 Å². The van der Waals surface area contributed by atoms with Gasteiger partial charge in [-0.15, -0.1) is 0 Å². The van der Waals surface area contributed by atoms with Crippen LogP contribution >= 0.6 is 0 Å². The Bertz CT molecular complexity index is 870. The Morgan fingerprint density at radius 1 is 1.27 bits per heavy atom. The number of carbonyl (C=O) groups is 1. The summed E-state index contributed by atoms with van der Waals surface area (Å²) in [4.78, 5) is 11.8. The van der Waals surface area contributed by atoms with Crippen molar-refractivity contribution in [2.24, 2.45) is 5.10 Å². The molecule has 1 heterocycles. The Morgan fingerprint density at radius 3 is 2.86 bits per heavy atom. The van der Waals surface area contributed by atoms with Gasteiger partial charge in [-0.2, -0.15) is 5.10 Å². The highest BCUT2D eigenvalue weighted by molar-refractivity contribution is 6.03. The summed E-state index contributed by atoms with van der Waals surface area (Å²) in [6, 6.07) is 11.0. The van der Waals surface area contributed by atoms with Gasteiger partial charge in [0, 0.05) is 5.56 Å². The second kappa shape index (κ2) is 5.65. The summed E-state index contributed by atoms with van der Waals surface area (Å²) in [6.07, 6.45) is 1.39. The van der Waals surface area contributed by atoms with Gasteiger partial charge < -0.3 is 5.11 Å². The molecule has 0 fully saturated rings. The van der Waals surface area contributed by atoms with E-state index in [-0.39, 0.29) is 11.4 Å². The van der Waals surface area contributed by atoms with Crippen molar-refractivity contribution in [1.29, 1.82) is 0 Å². The Morgan fingerprint density at radius 2 is 2.09 bits per heavy atom. The van der Waals surface area contributed by atoms with E-state index in [1.54, 1.807) is 13.0 Å². The highest BCUT2D eigenvalue weighted by Gasteiger charge is 2.14. The maximum absolute atomic E-state index is 11.8. The molecule has 1 aromatic heterocycles. The fourth-order valence-electron chi connectivity index (χ4n) is 2.07. The molecule has 0 atom stereocenters. The van der Waals surface area contributed by atoms with Crippen LogP contribution in [0.3, 0.4) is 0 Å². The molecule has 0 unspecified atom stereocenters. The van der Waals surface area contributed by atoms with Gasteiger partial charge in [-0.1, -0.05) is 35.5 Å². The normalized spacial score (nSPS) is 11.1. The number of phenolic OH excluding ortho intramolecular Hbond substituents is 1. The number of nitrogens with zero attached hydrogens (tertiary/aromatic N) is 3. The average Bonchev–Trinajstić information content (AvgIpc) is 2.95. The van der Waals surface area contributed by atoms with Crippen molar-refractivity contribution in [3.8, 4) is 5.75 Å². The highest BCUT2D eigenvalue weighted by atomic mass is 16.6. The Labute approximate surface area is 125 Å². The van der Waals surface area contributed by atoms with Gasteiger partial charge in [0.05, 0.1) is 6.21 Å². The fourth-order valence-corrected chi connectivity index (χ4v) is 2.07. The van der Waals surface area contributed by atoms with Crippen molar-refractivity contribution in [3.05, 3.63) is 53.3 Å². The average molecular weight is 296 g/mol. The van der Waals surface area contributed by atoms with E-state index in [0.717, 1.165) is 10.8 Å². The molecule has 0 aliphatic rings.